The predicted octanol–water partition coefficient (Wildman–Crippen LogP) is 8.06. The number of pyridine rings is 4. The lowest BCUT2D eigenvalue weighted by atomic mass is 10.0. The van der Waals surface area contributed by atoms with Crippen molar-refractivity contribution in [2.75, 3.05) is 49.2 Å². The molecule has 78 heavy (non-hydrogen) atoms. The summed E-state index contributed by atoms with van der Waals surface area (Å²) >= 11 is 11.6. The van der Waals surface area contributed by atoms with Crippen LogP contribution in [0.5, 0.6) is 11.5 Å². The number of carbonyl (C=O) groups excluding carboxylic acids is 1. The highest BCUT2D eigenvalue weighted by atomic mass is 35.5. The Morgan fingerprint density at radius 3 is 1.51 bits per heavy atom. The minimum Gasteiger partial charge on any atom is -0.492 e. The fourth-order valence-electron chi connectivity index (χ4n) is 11.0. The van der Waals surface area contributed by atoms with Crippen molar-refractivity contribution in [3.63, 3.8) is 0 Å². The van der Waals surface area contributed by atoms with Gasteiger partial charge >= 0.3 is 5.97 Å². The van der Waals surface area contributed by atoms with Crippen molar-refractivity contribution < 1.29 is 24.2 Å². The molecule has 12 rings (SSSR count). The zero-order valence-corrected chi connectivity index (χ0v) is 43.5. The van der Waals surface area contributed by atoms with E-state index in [4.69, 9.17) is 53.5 Å². The van der Waals surface area contributed by atoms with E-state index in [0.717, 1.165) is 74.6 Å². The van der Waals surface area contributed by atoms with Gasteiger partial charge in [-0.15, -0.1) is 0 Å². The average molecular weight is 1090 g/mol. The second-order valence-electron chi connectivity index (χ2n) is 19.2. The highest BCUT2D eigenvalue weighted by Crippen LogP contribution is 2.41. The molecule has 4 aliphatic rings. The Hall–Kier alpha value is -8.50. The first-order valence-electron chi connectivity index (χ1n) is 25.2. The Morgan fingerprint density at radius 2 is 1.13 bits per heavy atom. The van der Waals surface area contributed by atoms with Gasteiger partial charge in [0.25, 0.3) is 5.91 Å². The van der Waals surface area contributed by atoms with E-state index in [0.29, 0.717) is 93.0 Å². The fraction of sp³-hybridized carbons (Fsp3) is 0.345. The van der Waals surface area contributed by atoms with Crippen LogP contribution in [0.3, 0.4) is 0 Å². The van der Waals surface area contributed by atoms with E-state index in [1.165, 1.54) is 12.3 Å². The quantitative estimate of drug-likeness (QED) is 0.110. The number of amides is 1. The number of nitriles is 2. The molecular formula is C55H56Cl2N16O5. The van der Waals surface area contributed by atoms with Gasteiger partial charge in [0.05, 0.1) is 106 Å². The third kappa shape index (κ3) is 11.4. The summed E-state index contributed by atoms with van der Waals surface area (Å²) in [7, 11) is 0. The number of nitrogens with two attached hydrogens (primary N) is 1. The minimum atomic E-state index is -1.11. The first-order chi connectivity index (χ1) is 37.4. The van der Waals surface area contributed by atoms with Crippen LogP contribution in [0.25, 0.3) is 33.5 Å². The number of aromatic carboxylic acids is 1. The van der Waals surface area contributed by atoms with Gasteiger partial charge in [0.15, 0.2) is 5.69 Å². The monoisotopic (exact) mass is 1090 g/mol. The lowest BCUT2D eigenvalue weighted by molar-refractivity contribution is 0.0690. The lowest BCUT2D eigenvalue weighted by Crippen LogP contribution is -2.35. The summed E-state index contributed by atoms with van der Waals surface area (Å²) in [6.45, 7) is 8.63. The van der Waals surface area contributed by atoms with Crippen LogP contribution in [0.2, 0.25) is 10.0 Å². The van der Waals surface area contributed by atoms with Crippen LogP contribution < -0.4 is 30.3 Å². The summed E-state index contributed by atoms with van der Waals surface area (Å²) in [6, 6.07) is 15.1. The molecule has 400 valence electrons. The predicted molar refractivity (Wildman–Crippen MR) is 292 cm³/mol. The molecule has 4 fully saturated rings. The van der Waals surface area contributed by atoms with Gasteiger partial charge in [-0.3, -0.25) is 14.8 Å². The molecule has 6 atom stereocenters. The maximum atomic E-state index is 12.6. The number of halogens is 2. The largest absolute Gasteiger partial charge is 0.492 e. The molecule has 1 amide bonds. The molecule has 2 saturated heterocycles. The molecule has 2 aliphatic carbocycles. The van der Waals surface area contributed by atoms with Gasteiger partial charge in [-0.1, -0.05) is 30.6 Å². The number of nitrogens with zero attached hydrogens (tertiary/aromatic N) is 14. The van der Waals surface area contributed by atoms with Crippen molar-refractivity contribution in [1.29, 1.82) is 10.5 Å². The van der Waals surface area contributed by atoms with Crippen molar-refractivity contribution in [2.24, 2.45) is 29.4 Å². The number of carbonyl (C=O) groups is 2. The minimum absolute atomic E-state index is 0. The number of ether oxygens (including phenoxy) is 2. The van der Waals surface area contributed by atoms with E-state index in [9.17, 15) is 20.1 Å². The SMILES string of the molecule is C.CCOc1cc(-c2cnc(N3C[C@H]4CC(N)C[C@H]4C3)cn2)c2c(C#N)cnn2c1.CCOc1cc(-c2cnc(N3C[C@H]4CC(NC(=O)c5ncccc5Cl)C[C@H]4C3)cn2)c2c(C#N)cnn2c1.O=C(O)c1ncccc1Cl. The summed E-state index contributed by atoms with van der Waals surface area (Å²) in [6.07, 6.45) is 20.7. The normalized spacial score (nSPS) is 19.8. The number of carboxylic acids is 1. The summed E-state index contributed by atoms with van der Waals surface area (Å²) in [4.78, 5) is 53.9. The van der Waals surface area contributed by atoms with Gasteiger partial charge in [-0.2, -0.15) is 20.7 Å². The van der Waals surface area contributed by atoms with Crippen molar-refractivity contribution in [3.05, 3.63) is 131 Å². The second-order valence-corrected chi connectivity index (χ2v) is 20.0. The van der Waals surface area contributed by atoms with E-state index in [-0.39, 0.29) is 35.8 Å². The van der Waals surface area contributed by atoms with Crippen LogP contribution in [0.4, 0.5) is 11.6 Å². The number of hydrogen-bond acceptors (Lipinski definition) is 17. The molecule has 0 spiro atoms. The van der Waals surface area contributed by atoms with Crippen molar-refractivity contribution in [3.8, 4) is 46.2 Å². The van der Waals surface area contributed by atoms with Gasteiger partial charge < -0.3 is 35.4 Å². The van der Waals surface area contributed by atoms with Gasteiger partial charge in [-0.25, -0.2) is 33.8 Å². The van der Waals surface area contributed by atoms with Crippen molar-refractivity contribution in [1.82, 2.24) is 54.4 Å². The molecule has 21 nitrogen and oxygen atoms in total. The molecule has 0 aromatic carbocycles. The number of rotatable bonds is 11. The fourth-order valence-corrected chi connectivity index (χ4v) is 11.4. The first kappa shape index (κ1) is 54.3. The van der Waals surface area contributed by atoms with Crippen LogP contribution in [0.15, 0.2) is 98.4 Å². The van der Waals surface area contributed by atoms with Crippen LogP contribution in [-0.4, -0.2) is 118 Å². The molecule has 8 aromatic rings. The van der Waals surface area contributed by atoms with Crippen molar-refractivity contribution in [2.45, 2.75) is 59.0 Å². The zero-order valence-electron chi connectivity index (χ0n) is 41.9. The van der Waals surface area contributed by atoms with Gasteiger partial charge in [-0.05, 0) is 99.6 Å². The van der Waals surface area contributed by atoms with Crippen LogP contribution in [0, 0.1) is 46.3 Å². The smallest absolute Gasteiger partial charge is 0.356 e. The number of aromatic nitrogens is 10. The molecule has 2 aliphatic heterocycles. The van der Waals surface area contributed by atoms with E-state index in [2.05, 4.69) is 57.4 Å². The molecule has 23 heteroatoms. The molecule has 8 aromatic heterocycles. The Morgan fingerprint density at radius 1 is 0.679 bits per heavy atom. The van der Waals surface area contributed by atoms with Gasteiger partial charge in [0.2, 0.25) is 0 Å². The molecule has 4 N–H and O–H groups in total. The summed E-state index contributed by atoms with van der Waals surface area (Å²) in [5, 5.41) is 39.7. The van der Waals surface area contributed by atoms with Crippen LogP contribution in [0.1, 0.15) is 79.1 Å². The maximum Gasteiger partial charge on any atom is 0.356 e. The molecular weight excluding hydrogens is 1040 g/mol. The number of anilines is 2. The Kier molecular flexibility index (Phi) is 16.6. The highest BCUT2D eigenvalue weighted by molar-refractivity contribution is 6.33. The Bertz CT molecular complexity index is 3520. The number of hydrogen-bond donors (Lipinski definition) is 3. The van der Waals surface area contributed by atoms with Crippen LogP contribution >= 0.6 is 23.2 Å². The standard InChI is InChI=1S/C27H25ClN8O2.C21H23N7O.C6H4ClNO2.CH4/c1-2-38-20-8-21(26-18(9-29)10-33-36(26)15-20)23-11-32-24(12-31-23)35-13-16-6-19(7-17(16)14-35)34-27(37)25-22(28)4-3-5-30-25;1-2-29-17-5-18(21-15(6-22)7-26-28(21)12-17)19-8-25-20(9-24-19)27-10-13-3-16(23)4-14(13)11-27;7-4-2-1-3-8-5(4)6(9)10;/h3-5,8,10-12,15-17,19H,2,6-7,13-14H2,1H3,(H,34,37);5,7-9,12-14,16H,2-4,10-11,23H2,1H3;1-3H,(H,9,10);1H4/t16-,17+,19?;13-,14+,16?;;. The Balaban J connectivity index is 0.000000163. The van der Waals surface area contributed by atoms with E-state index in [1.54, 1.807) is 76.8 Å². The highest BCUT2D eigenvalue weighted by Gasteiger charge is 2.42. The first-order valence-corrected chi connectivity index (χ1v) is 25.9. The average Bonchev–Trinajstić information content (AvgIpc) is 4.38. The van der Waals surface area contributed by atoms with Gasteiger partial charge in [0.1, 0.15) is 41.0 Å². The van der Waals surface area contributed by atoms with E-state index in [1.807, 2.05) is 32.2 Å². The molecule has 2 saturated carbocycles. The molecule has 0 radical (unpaired) electrons. The van der Waals surface area contributed by atoms with Crippen LogP contribution in [-0.2, 0) is 0 Å². The summed E-state index contributed by atoms with van der Waals surface area (Å²) in [5.41, 5.74) is 11.5. The van der Waals surface area contributed by atoms with Gasteiger partial charge in [0, 0.05) is 61.8 Å². The Labute approximate surface area is 459 Å². The third-order valence-corrected chi connectivity index (χ3v) is 14.9. The lowest BCUT2D eigenvalue weighted by Gasteiger charge is -2.20. The van der Waals surface area contributed by atoms with E-state index < -0.39 is 5.97 Å². The number of fused-ring (bicyclic) bond motifs is 4. The molecule has 2 unspecified atom stereocenters. The third-order valence-electron chi connectivity index (χ3n) is 14.3. The number of nitrogens with one attached hydrogen (secondary N) is 1. The number of carboxylic acid groups (broad SMARTS) is 1. The molecule has 0 bridgehead atoms. The zero-order chi connectivity index (χ0) is 53.7. The maximum absolute atomic E-state index is 12.6. The summed E-state index contributed by atoms with van der Waals surface area (Å²) in [5.74, 6) is 3.97. The van der Waals surface area contributed by atoms with Crippen molar-refractivity contribution >= 4 is 57.7 Å². The van der Waals surface area contributed by atoms with E-state index >= 15 is 0 Å². The molecule has 10 heterocycles. The second kappa shape index (κ2) is 23.8. The topological polar surface area (TPSA) is 277 Å². The summed E-state index contributed by atoms with van der Waals surface area (Å²) < 4.78 is 14.7.